The Balaban J connectivity index is 1.28. The van der Waals surface area contributed by atoms with Crippen molar-refractivity contribution in [2.24, 2.45) is 0 Å². The third-order valence-corrected chi connectivity index (χ3v) is 6.37. The number of thiocarbonyl (C=S) groups is 1. The molecule has 2 fully saturated rings. The lowest BCUT2D eigenvalue weighted by atomic mass is 10.1. The van der Waals surface area contributed by atoms with E-state index in [9.17, 15) is 4.79 Å². The van der Waals surface area contributed by atoms with Crippen molar-refractivity contribution in [3.8, 4) is 0 Å². The molecule has 6 nitrogen and oxygen atoms in total. The molecule has 1 amide bonds. The number of hydrogen-bond acceptors (Lipinski definition) is 4. The minimum atomic E-state index is 0.0775. The van der Waals surface area contributed by atoms with Gasteiger partial charge in [0.15, 0.2) is 5.11 Å². The molecule has 1 unspecified atom stereocenters. The second-order valence-electron chi connectivity index (χ2n) is 8.44. The van der Waals surface area contributed by atoms with Crippen LogP contribution in [0.3, 0.4) is 0 Å². The summed E-state index contributed by atoms with van der Waals surface area (Å²) in [4.78, 5) is 16.9. The maximum absolute atomic E-state index is 12.6. The average molecular weight is 453 g/mol. The highest BCUT2D eigenvalue weighted by Gasteiger charge is 2.18. The van der Waals surface area contributed by atoms with Crippen LogP contribution in [0.2, 0.25) is 0 Å². The molecule has 1 atom stereocenters. The summed E-state index contributed by atoms with van der Waals surface area (Å²) in [6.07, 6.45) is 3.41. The number of hydrogen-bond donors (Lipinski definition) is 2. The van der Waals surface area contributed by atoms with Crippen molar-refractivity contribution in [3.63, 3.8) is 0 Å². The van der Waals surface area contributed by atoms with Crippen LogP contribution in [0.5, 0.6) is 0 Å². The van der Waals surface area contributed by atoms with Crippen molar-refractivity contribution in [2.75, 3.05) is 49.6 Å². The van der Waals surface area contributed by atoms with Crippen LogP contribution < -0.4 is 15.5 Å². The summed E-state index contributed by atoms with van der Waals surface area (Å²) in [5.74, 6) is 0.117. The molecule has 4 rings (SSSR count). The quantitative estimate of drug-likeness (QED) is 0.664. The SMILES string of the molecule is CC(NC(=S)Nc1ccc(C(=O)N2CCCCC2)cc1)c1ccc(N2CCOCC2)cc1. The third kappa shape index (κ3) is 5.78. The standard InChI is InChI=1S/C25H32N4O2S/c1-19(20-7-11-23(12-8-20)28-15-17-31-18-16-28)26-25(32)27-22-9-5-21(6-10-22)24(30)29-13-3-2-4-14-29/h5-12,19H,2-4,13-18H2,1H3,(H2,26,27,32). The first-order valence-corrected chi connectivity index (χ1v) is 11.9. The van der Waals surface area contributed by atoms with Gasteiger partial charge in [-0.25, -0.2) is 0 Å². The molecule has 2 N–H and O–H groups in total. The van der Waals surface area contributed by atoms with E-state index in [1.807, 2.05) is 29.2 Å². The fourth-order valence-corrected chi connectivity index (χ4v) is 4.51. The number of benzene rings is 2. The second-order valence-corrected chi connectivity index (χ2v) is 8.85. The number of nitrogens with one attached hydrogen (secondary N) is 2. The van der Waals surface area contributed by atoms with E-state index in [4.69, 9.17) is 17.0 Å². The molecule has 0 bridgehead atoms. The monoisotopic (exact) mass is 452 g/mol. The predicted octanol–water partition coefficient (Wildman–Crippen LogP) is 4.20. The maximum Gasteiger partial charge on any atom is 0.253 e. The summed E-state index contributed by atoms with van der Waals surface area (Å²) in [5, 5.41) is 7.13. The fraction of sp³-hybridized carbons (Fsp3) is 0.440. The number of carbonyl (C=O) groups excluding carboxylic acids is 1. The third-order valence-electron chi connectivity index (χ3n) is 6.15. The summed E-state index contributed by atoms with van der Waals surface area (Å²) >= 11 is 5.51. The van der Waals surface area contributed by atoms with Crippen LogP contribution >= 0.6 is 12.2 Å². The van der Waals surface area contributed by atoms with Gasteiger partial charge in [0, 0.05) is 43.1 Å². The maximum atomic E-state index is 12.6. The zero-order chi connectivity index (χ0) is 22.3. The lowest BCUT2D eigenvalue weighted by Gasteiger charge is -2.29. The second kappa shape index (κ2) is 10.8. The van der Waals surface area contributed by atoms with E-state index >= 15 is 0 Å². The molecule has 0 saturated carbocycles. The molecule has 2 heterocycles. The molecule has 2 aliphatic rings. The molecule has 2 aromatic rings. The molecule has 0 aliphatic carbocycles. The molecule has 2 aliphatic heterocycles. The molecule has 0 spiro atoms. The predicted molar refractivity (Wildman–Crippen MR) is 133 cm³/mol. The van der Waals surface area contributed by atoms with Crippen LogP contribution in [0, 0.1) is 0 Å². The summed E-state index contributed by atoms with van der Waals surface area (Å²) in [5.41, 5.74) is 4.00. The van der Waals surface area contributed by atoms with Crippen molar-refractivity contribution in [2.45, 2.75) is 32.2 Å². The van der Waals surface area contributed by atoms with Gasteiger partial charge in [-0.1, -0.05) is 12.1 Å². The van der Waals surface area contributed by atoms with Crippen LogP contribution in [0.15, 0.2) is 48.5 Å². The highest BCUT2D eigenvalue weighted by molar-refractivity contribution is 7.80. The number of ether oxygens (including phenoxy) is 1. The van der Waals surface area contributed by atoms with Gasteiger partial charge in [-0.15, -0.1) is 0 Å². The summed E-state index contributed by atoms with van der Waals surface area (Å²) < 4.78 is 5.43. The van der Waals surface area contributed by atoms with Crippen molar-refractivity contribution < 1.29 is 9.53 Å². The first-order chi connectivity index (χ1) is 15.6. The smallest absolute Gasteiger partial charge is 0.253 e. The van der Waals surface area contributed by atoms with Crippen LogP contribution in [0.25, 0.3) is 0 Å². The number of piperidine rings is 1. The number of nitrogens with zero attached hydrogens (tertiary/aromatic N) is 2. The Morgan fingerprint density at radius 1 is 0.938 bits per heavy atom. The zero-order valence-corrected chi connectivity index (χ0v) is 19.5. The van der Waals surface area contributed by atoms with E-state index in [2.05, 4.69) is 46.7 Å². The van der Waals surface area contributed by atoms with Crippen LogP contribution in [-0.2, 0) is 4.74 Å². The summed E-state index contributed by atoms with van der Waals surface area (Å²) in [6, 6.07) is 16.2. The normalized spacial score (nSPS) is 17.5. The Kier molecular flexibility index (Phi) is 7.60. The molecule has 2 saturated heterocycles. The minimum absolute atomic E-state index is 0.0775. The van der Waals surface area contributed by atoms with E-state index < -0.39 is 0 Å². The van der Waals surface area contributed by atoms with Gasteiger partial charge >= 0.3 is 0 Å². The van der Waals surface area contributed by atoms with Gasteiger partial charge in [0.25, 0.3) is 5.91 Å². The van der Waals surface area contributed by atoms with Gasteiger partial charge in [0.2, 0.25) is 0 Å². The lowest BCUT2D eigenvalue weighted by molar-refractivity contribution is 0.0724. The van der Waals surface area contributed by atoms with Gasteiger partial charge in [-0.3, -0.25) is 4.79 Å². The van der Waals surface area contributed by atoms with Gasteiger partial charge in [0.05, 0.1) is 19.3 Å². The van der Waals surface area contributed by atoms with Crippen molar-refractivity contribution >= 4 is 34.6 Å². The molecule has 7 heteroatoms. The van der Waals surface area contributed by atoms with E-state index in [0.717, 1.165) is 63.5 Å². The zero-order valence-electron chi connectivity index (χ0n) is 18.7. The van der Waals surface area contributed by atoms with E-state index in [1.165, 1.54) is 17.7 Å². The minimum Gasteiger partial charge on any atom is -0.378 e. The first kappa shape index (κ1) is 22.6. The fourth-order valence-electron chi connectivity index (χ4n) is 4.22. The summed E-state index contributed by atoms with van der Waals surface area (Å²) in [7, 11) is 0. The first-order valence-electron chi connectivity index (χ1n) is 11.5. The lowest BCUT2D eigenvalue weighted by Crippen LogP contribution is -2.36. The topological polar surface area (TPSA) is 56.8 Å². The molecule has 0 aromatic heterocycles. The van der Waals surface area contributed by atoms with E-state index in [0.29, 0.717) is 5.11 Å². The Morgan fingerprint density at radius 2 is 1.59 bits per heavy atom. The van der Waals surface area contributed by atoms with E-state index in [-0.39, 0.29) is 11.9 Å². The molecule has 32 heavy (non-hydrogen) atoms. The molecule has 2 aromatic carbocycles. The largest absolute Gasteiger partial charge is 0.378 e. The van der Waals surface area contributed by atoms with Crippen molar-refractivity contribution in [1.82, 2.24) is 10.2 Å². The highest BCUT2D eigenvalue weighted by Crippen LogP contribution is 2.21. The highest BCUT2D eigenvalue weighted by atomic mass is 32.1. The van der Waals surface area contributed by atoms with Crippen molar-refractivity contribution in [1.29, 1.82) is 0 Å². The summed E-state index contributed by atoms with van der Waals surface area (Å²) in [6.45, 7) is 7.25. The Bertz CT molecular complexity index is 905. The average Bonchev–Trinajstić information content (AvgIpc) is 2.85. The Morgan fingerprint density at radius 3 is 2.25 bits per heavy atom. The number of morpholine rings is 1. The Labute approximate surface area is 195 Å². The molecular formula is C25H32N4O2S. The van der Waals surface area contributed by atoms with Crippen molar-refractivity contribution in [3.05, 3.63) is 59.7 Å². The Hall–Kier alpha value is -2.64. The number of amides is 1. The molecule has 0 radical (unpaired) electrons. The van der Waals surface area contributed by atoms with Gasteiger partial charge in [-0.05, 0) is 80.4 Å². The number of rotatable bonds is 5. The van der Waals surface area contributed by atoms with Crippen LogP contribution in [0.1, 0.15) is 48.1 Å². The number of likely N-dealkylation sites (tertiary alicyclic amines) is 1. The van der Waals surface area contributed by atoms with Crippen LogP contribution in [-0.4, -0.2) is 55.3 Å². The van der Waals surface area contributed by atoms with Gasteiger partial charge in [-0.2, -0.15) is 0 Å². The van der Waals surface area contributed by atoms with Crippen LogP contribution in [0.4, 0.5) is 11.4 Å². The van der Waals surface area contributed by atoms with E-state index in [1.54, 1.807) is 0 Å². The number of anilines is 2. The molecule has 170 valence electrons. The van der Waals surface area contributed by atoms with Gasteiger partial charge < -0.3 is 25.2 Å². The van der Waals surface area contributed by atoms with Gasteiger partial charge in [0.1, 0.15) is 0 Å². The molecular weight excluding hydrogens is 420 g/mol. The number of carbonyl (C=O) groups is 1.